The van der Waals surface area contributed by atoms with Crippen LogP contribution in [0.25, 0.3) is 11.0 Å². The fourth-order valence-corrected chi connectivity index (χ4v) is 3.07. The van der Waals surface area contributed by atoms with Gasteiger partial charge in [0.05, 0.1) is 11.0 Å². The lowest BCUT2D eigenvalue weighted by Gasteiger charge is -2.04. The van der Waals surface area contributed by atoms with Crippen LogP contribution < -0.4 is 0 Å². The Hall–Kier alpha value is -2.94. The molecule has 2 nitrogen and oxygen atoms in total. The van der Waals surface area contributed by atoms with Crippen molar-refractivity contribution in [1.82, 2.24) is 9.97 Å². The maximum Gasteiger partial charge on any atom is 0.125 e. The minimum absolute atomic E-state index is 0.245. The van der Waals surface area contributed by atoms with Crippen LogP contribution >= 0.6 is 0 Å². The molecule has 3 heteroatoms. The number of aryl methyl sites for hydroxylation is 2. The molecule has 4 rings (SSSR count). The Morgan fingerprint density at radius 2 is 1.44 bits per heavy atom. The lowest BCUT2D eigenvalue weighted by Crippen LogP contribution is -1.94. The van der Waals surface area contributed by atoms with E-state index in [1.165, 1.54) is 28.8 Å². The quantitative estimate of drug-likeness (QED) is 0.543. The van der Waals surface area contributed by atoms with Crippen molar-refractivity contribution in [3.05, 3.63) is 101 Å². The molecule has 0 radical (unpaired) electrons. The first-order valence-corrected chi connectivity index (χ1v) is 8.52. The number of hydrogen-bond acceptors (Lipinski definition) is 1. The highest BCUT2D eigenvalue weighted by molar-refractivity contribution is 5.75. The Morgan fingerprint density at radius 3 is 2.20 bits per heavy atom. The first kappa shape index (κ1) is 15.6. The van der Waals surface area contributed by atoms with E-state index in [9.17, 15) is 4.39 Å². The first-order valence-electron chi connectivity index (χ1n) is 8.52. The Morgan fingerprint density at radius 1 is 0.760 bits per heavy atom. The summed E-state index contributed by atoms with van der Waals surface area (Å²) >= 11 is 0. The molecule has 0 fully saturated rings. The zero-order chi connectivity index (χ0) is 17.1. The van der Waals surface area contributed by atoms with Crippen LogP contribution in [0.3, 0.4) is 0 Å². The number of nitrogens with one attached hydrogen (secondary N) is 1. The minimum Gasteiger partial charge on any atom is -0.342 e. The number of benzene rings is 3. The van der Waals surface area contributed by atoms with Gasteiger partial charge in [0.25, 0.3) is 0 Å². The molecule has 1 heterocycles. The number of aromatic amines is 1. The van der Waals surface area contributed by atoms with Crippen molar-refractivity contribution in [1.29, 1.82) is 0 Å². The Labute approximate surface area is 146 Å². The Kier molecular flexibility index (Phi) is 4.30. The zero-order valence-electron chi connectivity index (χ0n) is 13.9. The van der Waals surface area contributed by atoms with Crippen LogP contribution in [-0.2, 0) is 19.3 Å². The highest BCUT2D eigenvalue weighted by Crippen LogP contribution is 2.16. The van der Waals surface area contributed by atoms with E-state index >= 15 is 0 Å². The van der Waals surface area contributed by atoms with E-state index in [0.29, 0.717) is 0 Å². The van der Waals surface area contributed by atoms with E-state index in [4.69, 9.17) is 0 Å². The topological polar surface area (TPSA) is 28.7 Å². The lowest BCUT2D eigenvalue weighted by atomic mass is 10.0. The smallest absolute Gasteiger partial charge is 0.125 e. The number of rotatable bonds is 5. The summed E-state index contributed by atoms with van der Waals surface area (Å²) in [7, 11) is 0. The highest BCUT2D eigenvalue weighted by atomic mass is 19.1. The molecule has 0 atom stereocenters. The number of fused-ring (bicyclic) bond motifs is 1. The second-order valence-corrected chi connectivity index (χ2v) is 6.32. The van der Waals surface area contributed by atoms with Crippen LogP contribution in [0.5, 0.6) is 0 Å². The molecule has 0 saturated heterocycles. The molecule has 0 saturated carbocycles. The molecule has 1 aromatic heterocycles. The zero-order valence-corrected chi connectivity index (χ0v) is 13.9. The maximum atomic E-state index is 13.3. The van der Waals surface area contributed by atoms with Gasteiger partial charge in [-0.15, -0.1) is 0 Å². The SMILES string of the molecule is Fc1ccc2nc(Cc3ccc(CCc4ccccc4)cc3)[nH]c2c1. The monoisotopic (exact) mass is 330 g/mol. The molecule has 0 aliphatic heterocycles. The number of hydrogen-bond donors (Lipinski definition) is 1. The molecular formula is C22H19FN2. The second kappa shape index (κ2) is 6.89. The summed E-state index contributed by atoms with van der Waals surface area (Å²) in [6.45, 7) is 0. The number of aromatic nitrogens is 2. The fourth-order valence-electron chi connectivity index (χ4n) is 3.07. The molecule has 3 aromatic carbocycles. The van der Waals surface area contributed by atoms with Gasteiger partial charge in [-0.3, -0.25) is 0 Å². The highest BCUT2D eigenvalue weighted by Gasteiger charge is 2.05. The molecular weight excluding hydrogens is 311 g/mol. The van der Waals surface area contributed by atoms with E-state index in [1.54, 1.807) is 6.07 Å². The van der Waals surface area contributed by atoms with Crippen molar-refractivity contribution in [3.63, 3.8) is 0 Å². The average molecular weight is 330 g/mol. The third-order valence-corrected chi connectivity index (χ3v) is 4.43. The van der Waals surface area contributed by atoms with Gasteiger partial charge in [0.1, 0.15) is 11.6 Å². The molecule has 124 valence electrons. The van der Waals surface area contributed by atoms with Gasteiger partial charge in [0, 0.05) is 6.42 Å². The number of imidazole rings is 1. The summed E-state index contributed by atoms with van der Waals surface area (Å²) in [5.74, 6) is 0.614. The van der Waals surface area contributed by atoms with Crippen molar-refractivity contribution < 1.29 is 4.39 Å². The van der Waals surface area contributed by atoms with Crippen molar-refractivity contribution in [2.45, 2.75) is 19.3 Å². The van der Waals surface area contributed by atoms with Gasteiger partial charge in [-0.25, -0.2) is 9.37 Å². The summed E-state index contributed by atoms with van der Waals surface area (Å²) in [4.78, 5) is 7.72. The molecule has 1 N–H and O–H groups in total. The van der Waals surface area contributed by atoms with E-state index in [-0.39, 0.29) is 5.82 Å². The third kappa shape index (κ3) is 3.77. The van der Waals surface area contributed by atoms with Gasteiger partial charge in [0.15, 0.2) is 0 Å². The minimum atomic E-state index is -0.245. The lowest BCUT2D eigenvalue weighted by molar-refractivity contribution is 0.629. The molecule has 0 bridgehead atoms. The van der Waals surface area contributed by atoms with Crippen molar-refractivity contribution in [2.75, 3.05) is 0 Å². The van der Waals surface area contributed by atoms with Gasteiger partial charge in [-0.2, -0.15) is 0 Å². The van der Waals surface area contributed by atoms with Crippen molar-refractivity contribution >= 4 is 11.0 Å². The molecule has 0 spiro atoms. The Bertz CT molecular complexity index is 972. The Balaban J connectivity index is 1.42. The van der Waals surface area contributed by atoms with Crippen LogP contribution in [-0.4, -0.2) is 9.97 Å². The summed E-state index contributed by atoms with van der Waals surface area (Å²) in [5, 5.41) is 0. The summed E-state index contributed by atoms with van der Waals surface area (Å²) in [6.07, 6.45) is 2.80. The normalized spacial score (nSPS) is 11.1. The van der Waals surface area contributed by atoms with E-state index in [1.807, 2.05) is 6.07 Å². The number of nitrogens with zero attached hydrogens (tertiary/aromatic N) is 1. The van der Waals surface area contributed by atoms with Crippen LogP contribution in [0, 0.1) is 5.82 Å². The largest absolute Gasteiger partial charge is 0.342 e. The van der Waals surface area contributed by atoms with Crippen LogP contribution in [0.2, 0.25) is 0 Å². The van der Waals surface area contributed by atoms with Crippen molar-refractivity contribution in [2.24, 2.45) is 0 Å². The molecule has 4 aromatic rings. The summed E-state index contributed by atoms with van der Waals surface area (Å²) in [5.41, 5.74) is 5.44. The van der Waals surface area contributed by atoms with E-state index < -0.39 is 0 Å². The van der Waals surface area contributed by atoms with Gasteiger partial charge in [0.2, 0.25) is 0 Å². The molecule has 0 aliphatic rings. The van der Waals surface area contributed by atoms with Crippen LogP contribution in [0.4, 0.5) is 4.39 Å². The predicted octanol–water partition coefficient (Wildman–Crippen LogP) is 5.08. The van der Waals surface area contributed by atoms with Crippen LogP contribution in [0.1, 0.15) is 22.5 Å². The van der Waals surface area contributed by atoms with Gasteiger partial charge >= 0.3 is 0 Å². The van der Waals surface area contributed by atoms with Gasteiger partial charge in [-0.05, 0) is 47.7 Å². The molecule has 25 heavy (non-hydrogen) atoms. The fraction of sp³-hybridized carbons (Fsp3) is 0.136. The van der Waals surface area contributed by atoms with Crippen molar-refractivity contribution in [3.8, 4) is 0 Å². The first-order chi connectivity index (χ1) is 12.3. The molecule has 0 amide bonds. The second-order valence-electron chi connectivity index (χ2n) is 6.32. The van der Waals surface area contributed by atoms with E-state index in [2.05, 4.69) is 58.5 Å². The molecule has 0 unspecified atom stereocenters. The summed E-state index contributed by atoms with van der Waals surface area (Å²) < 4.78 is 13.3. The average Bonchev–Trinajstić information content (AvgIpc) is 3.03. The van der Waals surface area contributed by atoms with Crippen LogP contribution in [0.15, 0.2) is 72.8 Å². The third-order valence-electron chi connectivity index (χ3n) is 4.43. The van der Waals surface area contributed by atoms with E-state index in [0.717, 1.165) is 36.1 Å². The molecule has 0 aliphatic carbocycles. The summed E-state index contributed by atoms with van der Waals surface area (Å²) in [6, 6.07) is 23.8. The standard InChI is InChI=1S/C22H19FN2/c23-19-12-13-20-21(15-19)25-22(24-20)14-18-10-8-17(9-11-18)7-6-16-4-2-1-3-5-16/h1-5,8-13,15H,6-7,14H2,(H,24,25). The van der Waals surface area contributed by atoms with Gasteiger partial charge < -0.3 is 4.98 Å². The predicted molar refractivity (Wildman–Crippen MR) is 99.1 cm³/mol. The number of H-pyrrole nitrogens is 1. The maximum absolute atomic E-state index is 13.3. The van der Waals surface area contributed by atoms with Gasteiger partial charge in [-0.1, -0.05) is 54.6 Å². The number of halogens is 1.